The predicted octanol–water partition coefficient (Wildman–Crippen LogP) is 4.13. The van der Waals surface area contributed by atoms with Gasteiger partial charge in [-0.25, -0.2) is 0 Å². The van der Waals surface area contributed by atoms with Crippen molar-refractivity contribution in [1.82, 2.24) is 0 Å². The standard InChI is InChI=1S/C9H19Br/c1-3-5-6-7-8-9(10)4-2/h9H,3-8H2,1-2H3/t9-/m0/s1. The molecule has 0 N–H and O–H groups in total. The third kappa shape index (κ3) is 6.60. The molecule has 0 aromatic carbocycles. The van der Waals surface area contributed by atoms with Gasteiger partial charge in [0.1, 0.15) is 0 Å². The fraction of sp³-hybridized carbons (Fsp3) is 1.00. The van der Waals surface area contributed by atoms with E-state index >= 15 is 0 Å². The predicted molar refractivity (Wildman–Crippen MR) is 51.8 cm³/mol. The van der Waals surface area contributed by atoms with E-state index in [2.05, 4.69) is 29.8 Å². The smallest absolute Gasteiger partial charge is 0.0143 e. The molecular formula is C9H19Br. The van der Waals surface area contributed by atoms with Crippen LogP contribution in [0.25, 0.3) is 0 Å². The van der Waals surface area contributed by atoms with Crippen LogP contribution in [0.15, 0.2) is 0 Å². The highest BCUT2D eigenvalue weighted by molar-refractivity contribution is 9.09. The van der Waals surface area contributed by atoms with Crippen LogP contribution in [0, 0.1) is 0 Å². The van der Waals surface area contributed by atoms with Crippen molar-refractivity contribution in [2.24, 2.45) is 0 Å². The first-order valence-corrected chi connectivity index (χ1v) is 5.36. The summed E-state index contributed by atoms with van der Waals surface area (Å²) in [4.78, 5) is 0.768. The van der Waals surface area contributed by atoms with Crippen molar-refractivity contribution < 1.29 is 0 Å². The minimum Gasteiger partial charge on any atom is -0.0891 e. The molecule has 10 heavy (non-hydrogen) atoms. The van der Waals surface area contributed by atoms with Gasteiger partial charge in [0, 0.05) is 4.83 Å². The lowest BCUT2D eigenvalue weighted by Crippen LogP contribution is -1.93. The van der Waals surface area contributed by atoms with Gasteiger partial charge in [0.15, 0.2) is 0 Å². The van der Waals surface area contributed by atoms with Crippen LogP contribution >= 0.6 is 15.9 Å². The van der Waals surface area contributed by atoms with Crippen molar-refractivity contribution in [2.45, 2.75) is 57.2 Å². The average Bonchev–Trinajstić information content (AvgIpc) is 1.98. The summed E-state index contributed by atoms with van der Waals surface area (Å²) in [7, 11) is 0. The molecule has 1 atom stereocenters. The molecule has 0 nitrogen and oxygen atoms in total. The summed E-state index contributed by atoms with van der Waals surface area (Å²) < 4.78 is 0. The molecule has 0 unspecified atom stereocenters. The Kier molecular flexibility index (Phi) is 7.95. The maximum atomic E-state index is 3.63. The summed E-state index contributed by atoms with van der Waals surface area (Å²) in [6, 6.07) is 0. The van der Waals surface area contributed by atoms with Gasteiger partial charge < -0.3 is 0 Å². The molecule has 0 heterocycles. The molecule has 0 rings (SSSR count). The molecule has 0 aliphatic heterocycles. The van der Waals surface area contributed by atoms with Crippen molar-refractivity contribution >= 4 is 15.9 Å². The minimum absolute atomic E-state index is 0.768. The van der Waals surface area contributed by atoms with Crippen LogP contribution in [0.4, 0.5) is 0 Å². The van der Waals surface area contributed by atoms with E-state index in [1.165, 1.54) is 38.5 Å². The maximum Gasteiger partial charge on any atom is 0.0143 e. The van der Waals surface area contributed by atoms with Gasteiger partial charge in [0.25, 0.3) is 0 Å². The highest BCUT2D eigenvalue weighted by Crippen LogP contribution is 2.14. The lowest BCUT2D eigenvalue weighted by molar-refractivity contribution is 0.615. The Balaban J connectivity index is 2.89. The normalized spacial score (nSPS) is 13.5. The SMILES string of the molecule is CCCCCC[C@@H](Br)CC. The monoisotopic (exact) mass is 206 g/mol. The molecular weight excluding hydrogens is 188 g/mol. The number of alkyl halides is 1. The van der Waals surface area contributed by atoms with E-state index in [4.69, 9.17) is 0 Å². The first kappa shape index (κ1) is 10.5. The highest BCUT2D eigenvalue weighted by Gasteiger charge is 1.98. The van der Waals surface area contributed by atoms with Gasteiger partial charge in [-0.1, -0.05) is 55.5 Å². The molecule has 1 heteroatoms. The molecule has 0 spiro atoms. The molecule has 62 valence electrons. The van der Waals surface area contributed by atoms with E-state index in [1.54, 1.807) is 0 Å². The van der Waals surface area contributed by atoms with Crippen molar-refractivity contribution in [1.29, 1.82) is 0 Å². The second-order valence-corrected chi connectivity index (χ2v) is 4.15. The fourth-order valence-electron chi connectivity index (χ4n) is 0.997. The van der Waals surface area contributed by atoms with E-state index < -0.39 is 0 Å². The summed E-state index contributed by atoms with van der Waals surface area (Å²) in [5, 5.41) is 0. The zero-order valence-corrected chi connectivity index (χ0v) is 8.78. The van der Waals surface area contributed by atoms with E-state index in [9.17, 15) is 0 Å². The Bertz CT molecular complexity index is 61.7. The van der Waals surface area contributed by atoms with Crippen molar-refractivity contribution in [3.8, 4) is 0 Å². The van der Waals surface area contributed by atoms with Crippen molar-refractivity contribution in [3.05, 3.63) is 0 Å². The van der Waals surface area contributed by atoms with Gasteiger partial charge in [-0.05, 0) is 12.8 Å². The van der Waals surface area contributed by atoms with E-state index in [0.717, 1.165) is 4.83 Å². The van der Waals surface area contributed by atoms with Crippen molar-refractivity contribution in [3.63, 3.8) is 0 Å². The van der Waals surface area contributed by atoms with Gasteiger partial charge >= 0.3 is 0 Å². The first-order chi connectivity index (χ1) is 4.81. The Morgan fingerprint density at radius 3 is 2.30 bits per heavy atom. The number of halogens is 1. The first-order valence-electron chi connectivity index (χ1n) is 4.45. The van der Waals surface area contributed by atoms with Gasteiger partial charge in [0.2, 0.25) is 0 Å². The Labute approximate surface area is 73.5 Å². The summed E-state index contributed by atoms with van der Waals surface area (Å²) in [6.07, 6.45) is 8.20. The lowest BCUT2D eigenvalue weighted by atomic mass is 10.1. The molecule has 0 saturated carbocycles. The third-order valence-corrected chi connectivity index (χ3v) is 2.92. The second kappa shape index (κ2) is 7.59. The van der Waals surface area contributed by atoms with Gasteiger partial charge in [-0.3, -0.25) is 0 Å². The van der Waals surface area contributed by atoms with Crippen LogP contribution in [-0.4, -0.2) is 4.83 Å². The van der Waals surface area contributed by atoms with Crippen LogP contribution in [0.3, 0.4) is 0 Å². The third-order valence-electron chi connectivity index (χ3n) is 1.81. The molecule has 0 saturated heterocycles. The molecule has 0 bridgehead atoms. The summed E-state index contributed by atoms with van der Waals surface area (Å²) in [5.74, 6) is 0. The van der Waals surface area contributed by atoms with Crippen LogP contribution in [0.1, 0.15) is 52.4 Å². The second-order valence-electron chi connectivity index (χ2n) is 2.85. The molecule has 0 aliphatic rings. The van der Waals surface area contributed by atoms with Crippen LogP contribution in [0.2, 0.25) is 0 Å². The zero-order chi connectivity index (χ0) is 7.82. The largest absolute Gasteiger partial charge is 0.0891 e. The molecule has 0 aliphatic carbocycles. The quantitative estimate of drug-likeness (QED) is 0.453. The molecule has 0 amide bonds. The van der Waals surface area contributed by atoms with Gasteiger partial charge in [-0.2, -0.15) is 0 Å². The molecule has 0 aromatic rings. The number of rotatable bonds is 6. The molecule has 0 aromatic heterocycles. The van der Waals surface area contributed by atoms with Crippen molar-refractivity contribution in [2.75, 3.05) is 0 Å². The average molecular weight is 207 g/mol. The highest BCUT2D eigenvalue weighted by atomic mass is 79.9. The zero-order valence-electron chi connectivity index (χ0n) is 7.20. The van der Waals surface area contributed by atoms with Crippen LogP contribution in [-0.2, 0) is 0 Å². The molecule has 0 radical (unpaired) electrons. The number of hydrogen-bond donors (Lipinski definition) is 0. The van der Waals surface area contributed by atoms with Gasteiger partial charge in [-0.15, -0.1) is 0 Å². The van der Waals surface area contributed by atoms with E-state index in [-0.39, 0.29) is 0 Å². The number of unbranched alkanes of at least 4 members (excludes halogenated alkanes) is 3. The maximum absolute atomic E-state index is 3.63. The summed E-state index contributed by atoms with van der Waals surface area (Å²) in [5.41, 5.74) is 0. The Morgan fingerprint density at radius 1 is 1.10 bits per heavy atom. The Hall–Kier alpha value is 0.480. The number of hydrogen-bond acceptors (Lipinski definition) is 0. The lowest BCUT2D eigenvalue weighted by Gasteiger charge is -2.04. The van der Waals surface area contributed by atoms with Crippen LogP contribution < -0.4 is 0 Å². The van der Waals surface area contributed by atoms with E-state index in [1.807, 2.05) is 0 Å². The van der Waals surface area contributed by atoms with E-state index in [0.29, 0.717) is 0 Å². The van der Waals surface area contributed by atoms with Gasteiger partial charge in [0.05, 0.1) is 0 Å². The minimum atomic E-state index is 0.768. The van der Waals surface area contributed by atoms with Crippen LogP contribution in [0.5, 0.6) is 0 Å². The summed E-state index contributed by atoms with van der Waals surface area (Å²) in [6.45, 7) is 4.49. The molecule has 0 fully saturated rings. The summed E-state index contributed by atoms with van der Waals surface area (Å²) >= 11 is 3.63. The topological polar surface area (TPSA) is 0 Å². The Morgan fingerprint density at radius 2 is 1.80 bits per heavy atom. The fourth-order valence-corrected chi connectivity index (χ4v) is 1.32.